The molecule has 1 aromatic heterocycles. The Kier molecular flexibility index (Phi) is 6.28. The Balaban J connectivity index is 0.00000208. The van der Waals surface area contributed by atoms with Gasteiger partial charge < -0.3 is 10.6 Å². The quantitative estimate of drug-likeness (QED) is 0.820. The molecule has 2 aromatic rings. The van der Waals surface area contributed by atoms with Crippen LogP contribution in [0.3, 0.4) is 0 Å². The van der Waals surface area contributed by atoms with Crippen LogP contribution in [0.15, 0.2) is 30.3 Å². The number of rotatable bonds is 6. The molecule has 0 aliphatic carbocycles. The second-order valence-corrected chi connectivity index (χ2v) is 6.26. The highest BCUT2D eigenvalue weighted by molar-refractivity contribution is 5.85. The number of carbonyl (C=O) groups excluding carboxylic acids is 1. The minimum absolute atomic E-state index is 0. The summed E-state index contributed by atoms with van der Waals surface area (Å²) in [5, 5.41) is 18.8. The summed E-state index contributed by atoms with van der Waals surface area (Å²) in [5.74, 6) is 1.08. The van der Waals surface area contributed by atoms with Crippen LogP contribution < -0.4 is 10.6 Å². The first-order valence-electron chi connectivity index (χ1n) is 7.98. The molecule has 0 saturated carbocycles. The maximum Gasteiger partial charge on any atom is 0.247 e. The fourth-order valence-corrected chi connectivity index (χ4v) is 2.56. The molecule has 1 aliphatic rings. The summed E-state index contributed by atoms with van der Waals surface area (Å²) in [6, 6.07) is 9.19. The molecule has 3 rings (SSSR count). The van der Waals surface area contributed by atoms with Crippen LogP contribution in [0.4, 0.5) is 0 Å². The number of halogens is 1. The van der Waals surface area contributed by atoms with Crippen molar-refractivity contribution in [2.75, 3.05) is 19.6 Å². The number of nitrogens with zero attached hydrogens (tertiary/aromatic N) is 4. The fourth-order valence-electron chi connectivity index (χ4n) is 2.56. The normalized spacial score (nSPS) is 15.5. The maximum atomic E-state index is 12.5. The van der Waals surface area contributed by atoms with Crippen molar-refractivity contribution in [2.24, 2.45) is 11.8 Å². The molecule has 2 heterocycles. The van der Waals surface area contributed by atoms with Gasteiger partial charge in [0, 0.05) is 31.1 Å². The van der Waals surface area contributed by atoms with E-state index in [4.69, 9.17) is 0 Å². The van der Waals surface area contributed by atoms with Crippen molar-refractivity contribution in [1.82, 2.24) is 30.8 Å². The van der Waals surface area contributed by atoms with E-state index in [2.05, 4.69) is 26.0 Å². The molecule has 1 unspecified atom stereocenters. The molecule has 1 aliphatic heterocycles. The molecule has 2 N–H and O–H groups in total. The lowest BCUT2D eigenvalue weighted by Gasteiger charge is -2.28. The first kappa shape index (κ1) is 18.4. The van der Waals surface area contributed by atoms with E-state index in [0.717, 1.165) is 18.7 Å². The standard InChI is InChI=1S/C16H22N6O.ClH/c1-11(2)14(16(23)18-10-12-8-17-9-12)22-20-15(19-21-22)13-6-4-3-5-7-13;/h3-7,11-12,14,17H,8-10H2,1-2H3,(H,18,23);1H. The van der Waals surface area contributed by atoms with Gasteiger partial charge in [-0.3, -0.25) is 4.79 Å². The van der Waals surface area contributed by atoms with E-state index in [1.165, 1.54) is 4.80 Å². The van der Waals surface area contributed by atoms with E-state index in [1.807, 2.05) is 44.2 Å². The number of hydrogen-bond acceptors (Lipinski definition) is 5. The molecule has 1 atom stereocenters. The highest BCUT2D eigenvalue weighted by Crippen LogP contribution is 2.18. The highest BCUT2D eigenvalue weighted by atomic mass is 35.5. The van der Waals surface area contributed by atoms with Gasteiger partial charge in [-0.2, -0.15) is 4.80 Å². The van der Waals surface area contributed by atoms with E-state index in [1.54, 1.807) is 0 Å². The predicted molar refractivity (Wildman–Crippen MR) is 93.7 cm³/mol. The Morgan fingerprint density at radius 1 is 1.33 bits per heavy atom. The number of carbonyl (C=O) groups is 1. The summed E-state index contributed by atoms with van der Waals surface area (Å²) in [4.78, 5) is 13.9. The van der Waals surface area contributed by atoms with Crippen LogP contribution in [-0.2, 0) is 4.79 Å². The van der Waals surface area contributed by atoms with Crippen LogP contribution >= 0.6 is 12.4 Å². The molecule has 1 fully saturated rings. The predicted octanol–water partition coefficient (Wildman–Crippen LogP) is 1.29. The summed E-state index contributed by atoms with van der Waals surface area (Å²) in [6.45, 7) is 6.59. The third-order valence-corrected chi connectivity index (χ3v) is 4.04. The van der Waals surface area contributed by atoms with Gasteiger partial charge in [0.15, 0.2) is 6.04 Å². The van der Waals surface area contributed by atoms with E-state index in [0.29, 0.717) is 18.3 Å². The van der Waals surface area contributed by atoms with Gasteiger partial charge in [0.05, 0.1) is 0 Å². The molecule has 7 nitrogen and oxygen atoms in total. The lowest BCUT2D eigenvalue weighted by molar-refractivity contribution is -0.126. The zero-order chi connectivity index (χ0) is 16.2. The van der Waals surface area contributed by atoms with Crippen LogP contribution in [0.5, 0.6) is 0 Å². The zero-order valence-electron chi connectivity index (χ0n) is 13.8. The zero-order valence-corrected chi connectivity index (χ0v) is 14.7. The van der Waals surface area contributed by atoms with Crippen LogP contribution in [0.2, 0.25) is 0 Å². The molecule has 0 spiro atoms. The fraction of sp³-hybridized carbons (Fsp3) is 0.500. The molecule has 1 amide bonds. The van der Waals surface area contributed by atoms with E-state index < -0.39 is 6.04 Å². The van der Waals surface area contributed by atoms with Crippen molar-refractivity contribution in [3.8, 4) is 11.4 Å². The lowest BCUT2D eigenvalue weighted by atomic mass is 10.0. The molecule has 24 heavy (non-hydrogen) atoms. The Hall–Kier alpha value is -1.99. The Bertz CT molecular complexity index is 656. The van der Waals surface area contributed by atoms with E-state index in [9.17, 15) is 4.79 Å². The topological polar surface area (TPSA) is 84.7 Å². The van der Waals surface area contributed by atoms with Gasteiger partial charge in [0.25, 0.3) is 0 Å². The smallest absolute Gasteiger partial charge is 0.247 e. The number of aromatic nitrogens is 4. The summed E-state index contributed by atoms with van der Waals surface area (Å²) >= 11 is 0. The highest BCUT2D eigenvalue weighted by Gasteiger charge is 2.28. The number of tetrazole rings is 1. The Labute approximate surface area is 147 Å². The third kappa shape index (κ3) is 4.10. The van der Waals surface area contributed by atoms with E-state index in [-0.39, 0.29) is 24.2 Å². The molecule has 8 heteroatoms. The Morgan fingerprint density at radius 2 is 2.04 bits per heavy atom. The number of amides is 1. The molecular weight excluding hydrogens is 328 g/mol. The third-order valence-electron chi connectivity index (χ3n) is 4.04. The molecule has 130 valence electrons. The molecule has 0 radical (unpaired) electrons. The van der Waals surface area contributed by atoms with Crippen molar-refractivity contribution >= 4 is 18.3 Å². The molecule has 1 saturated heterocycles. The van der Waals surface area contributed by atoms with Gasteiger partial charge in [-0.25, -0.2) is 0 Å². The first-order valence-corrected chi connectivity index (χ1v) is 7.98. The molecular formula is C16H23ClN6O. The lowest BCUT2D eigenvalue weighted by Crippen LogP contribution is -2.49. The van der Waals surface area contributed by atoms with E-state index >= 15 is 0 Å². The minimum Gasteiger partial charge on any atom is -0.354 e. The molecule has 0 bridgehead atoms. The van der Waals surface area contributed by atoms with Gasteiger partial charge in [-0.05, 0) is 11.1 Å². The number of nitrogens with one attached hydrogen (secondary N) is 2. The average molecular weight is 351 g/mol. The SMILES string of the molecule is CC(C)C(C(=O)NCC1CNC1)n1nnc(-c2ccccc2)n1.Cl. The van der Waals surface area contributed by atoms with Gasteiger partial charge >= 0.3 is 0 Å². The van der Waals surface area contributed by atoms with Crippen molar-refractivity contribution in [2.45, 2.75) is 19.9 Å². The van der Waals surface area contributed by atoms with Gasteiger partial charge in [0.1, 0.15) is 0 Å². The van der Waals surface area contributed by atoms with Crippen molar-refractivity contribution in [3.05, 3.63) is 30.3 Å². The Morgan fingerprint density at radius 3 is 2.62 bits per heavy atom. The van der Waals surface area contributed by atoms with Crippen LogP contribution in [-0.4, -0.2) is 45.7 Å². The maximum absolute atomic E-state index is 12.5. The summed E-state index contributed by atoms with van der Waals surface area (Å²) in [6.07, 6.45) is 0. The molecule has 1 aromatic carbocycles. The summed E-state index contributed by atoms with van der Waals surface area (Å²) < 4.78 is 0. The second kappa shape index (κ2) is 8.21. The largest absolute Gasteiger partial charge is 0.354 e. The van der Waals surface area contributed by atoms with Crippen LogP contribution in [0, 0.1) is 11.8 Å². The van der Waals surface area contributed by atoms with Gasteiger partial charge in [-0.1, -0.05) is 44.2 Å². The van der Waals surface area contributed by atoms with Crippen LogP contribution in [0.1, 0.15) is 19.9 Å². The first-order chi connectivity index (χ1) is 11.1. The average Bonchev–Trinajstić information content (AvgIpc) is 2.96. The van der Waals surface area contributed by atoms with Crippen LogP contribution in [0.25, 0.3) is 11.4 Å². The van der Waals surface area contributed by atoms with Crippen molar-refractivity contribution in [1.29, 1.82) is 0 Å². The van der Waals surface area contributed by atoms with Gasteiger partial charge in [0.2, 0.25) is 11.7 Å². The van der Waals surface area contributed by atoms with Gasteiger partial charge in [-0.15, -0.1) is 22.6 Å². The monoisotopic (exact) mass is 350 g/mol. The second-order valence-electron chi connectivity index (χ2n) is 6.26. The summed E-state index contributed by atoms with van der Waals surface area (Å²) in [7, 11) is 0. The minimum atomic E-state index is -0.451. The van der Waals surface area contributed by atoms with Crippen molar-refractivity contribution < 1.29 is 4.79 Å². The number of hydrogen-bond donors (Lipinski definition) is 2. The summed E-state index contributed by atoms with van der Waals surface area (Å²) in [5.41, 5.74) is 0.891. The van der Waals surface area contributed by atoms with Crippen molar-refractivity contribution in [3.63, 3.8) is 0 Å². The number of benzene rings is 1.